The van der Waals surface area contributed by atoms with E-state index < -0.39 is 21.7 Å². The summed E-state index contributed by atoms with van der Waals surface area (Å²) < 4.78 is 63.0. The molecule has 0 unspecified atom stereocenters. The summed E-state index contributed by atoms with van der Waals surface area (Å²) in [6.45, 7) is 1.87. The van der Waals surface area contributed by atoms with Crippen molar-refractivity contribution >= 4 is 26.6 Å². The molecule has 2 heterocycles. The summed E-state index contributed by atoms with van der Waals surface area (Å²) in [5.41, 5.74) is 1.97. The molecule has 0 atom stereocenters. The highest BCUT2D eigenvalue weighted by Gasteiger charge is 2.21. The molecule has 0 fully saturated rings. The number of pyridine rings is 1. The minimum absolute atomic E-state index is 0.134. The minimum atomic E-state index is -3.63. The molecule has 4 rings (SSSR count). The lowest BCUT2D eigenvalue weighted by Crippen LogP contribution is -2.19. The van der Waals surface area contributed by atoms with Crippen LogP contribution in [-0.4, -0.2) is 42.7 Å². The molecule has 8 nitrogen and oxygen atoms in total. The SMILES string of the molecule is CCS(=O)(=O)Nc1cc(-c2cn(C)c(=O)c3[nH]ccc23)c(Oc2ccc(F)cc2F)cc1CN(C)C. The monoisotopic (exact) mass is 516 g/mol. The molecule has 0 saturated heterocycles. The normalized spacial score (nSPS) is 11.9. The van der Waals surface area contributed by atoms with Crippen LogP contribution >= 0.6 is 0 Å². The summed E-state index contributed by atoms with van der Waals surface area (Å²) in [6.07, 6.45) is 3.22. The third-order valence-electron chi connectivity index (χ3n) is 5.64. The highest BCUT2D eigenvalue weighted by Crippen LogP contribution is 2.41. The number of hydrogen-bond donors (Lipinski definition) is 2. The Labute approximate surface area is 207 Å². The van der Waals surface area contributed by atoms with Crippen LogP contribution in [-0.2, 0) is 23.6 Å². The summed E-state index contributed by atoms with van der Waals surface area (Å²) in [7, 11) is 1.60. The molecule has 2 N–H and O–H groups in total. The van der Waals surface area contributed by atoms with Crippen LogP contribution in [0.2, 0.25) is 0 Å². The van der Waals surface area contributed by atoms with E-state index in [1.165, 1.54) is 17.6 Å². The number of sulfonamides is 1. The van der Waals surface area contributed by atoms with E-state index in [-0.39, 0.29) is 22.8 Å². The molecule has 4 aromatic rings. The Morgan fingerprint density at radius 2 is 1.83 bits per heavy atom. The van der Waals surface area contributed by atoms with Crippen molar-refractivity contribution in [3.8, 4) is 22.6 Å². The molecular formula is C25H26F2N4O4S. The van der Waals surface area contributed by atoms with Gasteiger partial charge >= 0.3 is 0 Å². The van der Waals surface area contributed by atoms with Crippen molar-refractivity contribution in [2.24, 2.45) is 7.05 Å². The van der Waals surface area contributed by atoms with Crippen molar-refractivity contribution in [2.75, 3.05) is 24.6 Å². The van der Waals surface area contributed by atoms with Crippen molar-refractivity contribution in [3.05, 3.63) is 76.3 Å². The van der Waals surface area contributed by atoms with Crippen molar-refractivity contribution in [1.29, 1.82) is 0 Å². The first kappa shape index (κ1) is 25.4. The van der Waals surface area contributed by atoms with E-state index in [0.29, 0.717) is 39.8 Å². The lowest BCUT2D eigenvalue weighted by atomic mass is 9.99. The maximum Gasteiger partial charge on any atom is 0.274 e. The van der Waals surface area contributed by atoms with Crippen LogP contribution in [0.1, 0.15) is 12.5 Å². The number of anilines is 1. The number of benzene rings is 2. The molecule has 0 aliphatic rings. The third-order valence-corrected chi connectivity index (χ3v) is 6.93. The van der Waals surface area contributed by atoms with Crippen LogP contribution < -0.4 is 15.0 Å². The zero-order valence-electron chi connectivity index (χ0n) is 20.2. The van der Waals surface area contributed by atoms with E-state index in [1.807, 2.05) is 19.0 Å². The predicted molar refractivity (Wildman–Crippen MR) is 136 cm³/mol. The van der Waals surface area contributed by atoms with Gasteiger partial charge in [0.25, 0.3) is 5.56 Å². The fraction of sp³-hybridized carbons (Fsp3) is 0.240. The first-order chi connectivity index (χ1) is 17.0. The van der Waals surface area contributed by atoms with E-state index in [1.54, 1.807) is 37.6 Å². The summed E-state index contributed by atoms with van der Waals surface area (Å²) in [6, 6.07) is 7.93. The third kappa shape index (κ3) is 5.12. The molecule has 0 spiro atoms. The van der Waals surface area contributed by atoms with Crippen LogP contribution in [0, 0.1) is 11.6 Å². The van der Waals surface area contributed by atoms with E-state index in [4.69, 9.17) is 4.74 Å². The highest BCUT2D eigenvalue weighted by molar-refractivity contribution is 7.92. The fourth-order valence-electron chi connectivity index (χ4n) is 3.88. The number of H-pyrrole nitrogens is 1. The number of nitrogens with zero attached hydrogens (tertiary/aromatic N) is 2. The predicted octanol–water partition coefficient (Wildman–Crippen LogP) is 4.43. The Hall–Kier alpha value is -3.70. The molecule has 0 aliphatic heterocycles. The first-order valence-corrected chi connectivity index (χ1v) is 12.8. The van der Waals surface area contributed by atoms with Crippen molar-refractivity contribution < 1.29 is 21.9 Å². The second-order valence-electron chi connectivity index (χ2n) is 8.65. The van der Waals surface area contributed by atoms with E-state index >= 15 is 0 Å². The van der Waals surface area contributed by atoms with Crippen LogP contribution in [0.3, 0.4) is 0 Å². The summed E-state index contributed by atoms with van der Waals surface area (Å²) in [5.74, 6) is -1.77. The Bertz CT molecular complexity index is 1610. The number of fused-ring (bicyclic) bond motifs is 1. The maximum atomic E-state index is 14.5. The first-order valence-electron chi connectivity index (χ1n) is 11.1. The Morgan fingerprint density at radius 3 is 2.50 bits per heavy atom. The molecule has 0 aliphatic carbocycles. The zero-order valence-corrected chi connectivity index (χ0v) is 21.0. The number of nitrogens with one attached hydrogen (secondary N) is 2. The van der Waals surface area contributed by atoms with Gasteiger partial charge < -0.3 is 19.2 Å². The van der Waals surface area contributed by atoms with Gasteiger partial charge in [-0.25, -0.2) is 17.2 Å². The number of aryl methyl sites for hydroxylation is 1. The van der Waals surface area contributed by atoms with Gasteiger partial charge in [-0.2, -0.15) is 0 Å². The van der Waals surface area contributed by atoms with Gasteiger partial charge in [0, 0.05) is 48.6 Å². The highest BCUT2D eigenvalue weighted by atomic mass is 32.2. The fourth-order valence-corrected chi connectivity index (χ4v) is 4.55. The number of ether oxygens (including phenoxy) is 1. The van der Waals surface area contributed by atoms with Crippen LogP contribution in [0.5, 0.6) is 11.5 Å². The smallest absolute Gasteiger partial charge is 0.274 e. The molecule has 11 heteroatoms. The van der Waals surface area contributed by atoms with Gasteiger partial charge in [0.1, 0.15) is 17.1 Å². The van der Waals surface area contributed by atoms with Gasteiger partial charge in [-0.05, 0) is 56.9 Å². The van der Waals surface area contributed by atoms with Crippen LogP contribution in [0.15, 0.2) is 53.6 Å². The second-order valence-corrected chi connectivity index (χ2v) is 10.7. The van der Waals surface area contributed by atoms with E-state index in [2.05, 4.69) is 9.71 Å². The van der Waals surface area contributed by atoms with E-state index in [9.17, 15) is 22.0 Å². The molecule has 0 amide bonds. The van der Waals surface area contributed by atoms with Crippen LogP contribution in [0.25, 0.3) is 22.0 Å². The molecule has 2 aromatic heterocycles. The topological polar surface area (TPSA) is 96.4 Å². The standard InChI is InChI=1S/C25H26F2N4O4S/c1-5-36(33,34)29-21-12-18(19-14-31(4)25(32)24-17(19)8-9-28-24)23(10-15(21)13-30(2)3)35-22-7-6-16(26)11-20(22)27/h6-12,14,28-29H,5,13H2,1-4H3. The largest absolute Gasteiger partial charge is 0.454 e. The number of aromatic nitrogens is 2. The van der Waals surface area contributed by atoms with Crippen LogP contribution in [0.4, 0.5) is 14.5 Å². The van der Waals surface area contributed by atoms with Gasteiger partial charge in [0.2, 0.25) is 10.0 Å². The van der Waals surface area contributed by atoms with Crippen molar-refractivity contribution in [3.63, 3.8) is 0 Å². The molecule has 0 saturated carbocycles. The summed E-state index contributed by atoms with van der Waals surface area (Å²) in [5, 5.41) is 0.576. The van der Waals surface area contributed by atoms with Gasteiger partial charge in [-0.15, -0.1) is 0 Å². The average Bonchev–Trinajstić information content (AvgIpc) is 3.29. The number of aromatic amines is 1. The Kier molecular flexibility index (Phi) is 6.87. The Balaban J connectivity index is 2.02. The molecule has 36 heavy (non-hydrogen) atoms. The summed E-state index contributed by atoms with van der Waals surface area (Å²) in [4.78, 5) is 17.4. The maximum absolute atomic E-state index is 14.5. The zero-order chi connectivity index (χ0) is 26.2. The average molecular weight is 517 g/mol. The Morgan fingerprint density at radius 1 is 1.08 bits per heavy atom. The van der Waals surface area contributed by atoms with Gasteiger partial charge in [0.15, 0.2) is 11.6 Å². The lowest BCUT2D eigenvalue weighted by Gasteiger charge is -2.21. The molecule has 190 valence electrons. The molecule has 0 radical (unpaired) electrons. The number of halogens is 2. The van der Waals surface area contributed by atoms with Gasteiger partial charge in [-0.1, -0.05) is 0 Å². The van der Waals surface area contributed by atoms with Gasteiger partial charge in [-0.3, -0.25) is 9.52 Å². The molecular weight excluding hydrogens is 490 g/mol. The molecule has 0 bridgehead atoms. The minimum Gasteiger partial charge on any atom is -0.454 e. The quantitative estimate of drug-likeness (QED) is 0.361. The van der Waals surface area contributed by atoms with Crippen molar-refractivity contribution in [2.45, 2.75) is 13.5 Å². The summed E-state index contributed by atoms with van der Waals surface area (Å²) >= 11 is 0. The molecule has 2 aromatic carbocycles. The number of rotatable bonds is 8. The van der Waals surface area contributed by atoms with E-state index in [0.717, 1.165) is 12.1 Å². The van der Waals surface area contributed by atoms with Gasteiger partial charge in [0.05, 0.1) is 11.4 Å². The number of hydrogen-bond acceptors (Lipinski definition) is 5. The van der Waals surface area contributed by atoms with Crippen molar-refractivity contribution in [1.82, 2.24) is 14.5 Å². The lowest BCUT2D eigenvalue weighted by molar-refractivity contribution is 0.400. The second kappa shape index (κ2) is 9.75.